The van der Waals surface area contributed by atoms with Crippen LogP contribution in [0.15, 0.2) is 0 Å². The number of nitrogens with two attached hydrogens (primary N) is 2. The van der Waals surface area contributed by atoms with Crippen LogP contribution in [-0.4, -0.2) is 72.2 Å². The molecule has 0 aromatic rings. The van der Waals surface area contributed by atoms with Crippen LogP contribution in [-0.2, 0) is 188 Å². The van der Waals surface area contributed by atoms with Gasteiger partial charge in [0.2, 0.25) is 0 Å². The summed E-state index contributed by atoms with van der Waals surface area (Å²) in [5, 5.41) is 0. The maximum absolute atomic E-state index is 8.85. The van der Waals surface area contributed by atoms with E-state index in [0.29, 0.717) is 12.1 Å². The molecule has 0 aromatic carbocycles. The van der Waals surface area contributed by atoms with E-state index in [9.17, 15) is 0 Å². The molecule has 0 unspecified atom stereocenters. The van der Waals surface area contributed by atoms with Gasteiger partial charge >= 0.3 is 248 Å². The fourth-order valence-corrected chi connectivity index (χ4v) is 2.27. The summed E-state index contributed by atoms with van der Waals surface area (Å²) in [6.45, 7) is 0. The monoisotopic (exact) mass is 1510 g/mol. The summed E-state index contributed by atoms with van der Waals surface area (Å²) in [5.74, 6) is 0. The molecule has 34 nitrogen and oxygen atoms in total. The Morgan fingerprint density at radius 1 is 0.241 bits per heavy atom. The first-order valence-corrected chi connectivity index (χ1v) is 39.4. The first-order valence-electron chi connectivity index (χ1n) is 11.9. The second-order valence-electron chi connectivity index (χ2n) is 8.38. The van der Waals surface area contributed by atoms with Crippen molar-refractivity contribution < 1.29 is 248 Å². The van der Waals surface area contributed by atoms with Gasteiger partial charge in [0.15, 0.2) is 0 Å². The van der Waals surface area contributed by atoms with Crippen LogP contribution in [0.4, 0.5) is 0 Å². The van der Waals surface area contributed by atoms with E-state index < -0.39 is 134 Å². The molecule has 0 amide bonds. The van der Waals surface area contributed by atoms with E-state index in [2.05, 4.69) is 0 Å². The van der Waals surface area contributed by atoms with E-state index in [1.54, 1.807) is 0 Å². The van der Waals surface area contributed by atoms with Gasteiger partial charge in [-0.15, -0.1) is 0 Å². The average molecular weight is 1490 g/mol. The quantitative estimate of drug-likeness (QED) is 0.100. The number of hydrogen-bond donors (Lipinski definition) is 18. The first-order chi connectivity index (χ1) is 22.8. The van der Waals surface area contributed by atoms with Gasteiger partial charge in [-0.05, 0) is 25.7 Å². The number of rotatable bonds is 0. The van der Waals surface area contributed by atoms with Gasteiger partial charge < -0.3 is 11.5 Å². The predicted octanol–water partition coefficient (Wildman–Crippen LogP) is -8.28. The van der Waals surface area contributed by atoms with Crippen molar-refractivity contribution in [2.75, 3.05) is 0 Å². The molecular formula is C12H42Mo8N2O32. The van der Waals surface area contributed by atoms with Crippen molar-refractivity contribution in [3.63, 3.8) is 0 Å². The van der Waals surface area contributed by atoms with Gasteiger partial charge in [-0.25, -0.2) is 0 Å². The van der Waals surface area contributed by atoms with Gasteiger partial charge in [0.25, 0.3) is 0 Å². The minimum absolute atomic E-state index is 0.536. The van der Waals surface area contributed by atoms with Crippen molar-refractivity contribution >= 4 is 0 Å². The van der Waals surface area contributed by atoms with Crippen molar-refractivity contribution in [1.29, 1.82) is 0 Å². The predicted molar refractivity (Wildman–Crippen MR) is 109 cm³/mol. The van der Waals surface area contributed by atoms with Gasteiger partial charge in [0.1, 0.15) is 0 Å². The molecule has 0 saturated heterocycles. The Hall–Kier alpha value is 1.59. The molecule has 2 aliphatic carbocycles. The van der Waals surface area contributed by atoms with E-state index in [-0.39, 0.29) is 0 Å². The molecule has 0 atom stereocenters. The van der Waals surface area contributed by atoms with Crippen LogP contribution in [0.3, 0.4) is 0 Å². The third-order valence-corrected chi connectivity index (χ3v) is 3.30. The number of hydrogen-bond acceptors (Lipinski definition) is 18. The van der Waals surface area contributed by atoms with Crippen molar-refractivity contribution in [1.82, 2.24) is 0 Å². The van der Waals surface area contributed by atoms with Crippen LogP contribution in [0.2, 0.25) is 0 Å². The molecule has 2 fully saturated rings. The van der Waals surface area contributed by atoms with E-state index in [1.165, 1.54) is 64.2 Å². The van der Waals surface area contributed by atoms with Gasteiger partial charge in [-0.1, -0.05) is 38.5 Å². The van der Waals surface area contributed by atoms with E-state index >= 15 is 0 Å². The first kappa shape index (κ1) is 73.1. The SMILES string of the molecule is NC1CCCCC1.NC1CCCCC1.[O]=[Mo](=[O])([OH])[OH].[O]=[Mo](=[O])([OH])[OH].[O]=[Mo](=[O])([OH])[OH].[O]=[Mo](=[O])([OH])[OH].[O]=[Mo](=[O])([OH])[OH].[O]=[Mo](=[O])([OH])[OH].[O]=[Mo](=[O])([OH])[OH].[O]=[Mo](=[O])([OH])[OH]. The summed E-state index contributed by atoms with van der Waals surface area (Å²) < 4.78 is 256. The Morgan fingerprint density at radius 2 is 0.315 bits per heavy atom. The van der Waals surface area contributed by atoms with E-state index in [4.69, 9.17) is 126 Å². The summed E-state index contributed by atoms with van der Waals surface area (Å²) in [6.07, 6.45) is 13.3. The molecule has 2 aliphatic rings. The molecule has 0 aromatic heterocycles. The van der Waals surface area contributed by atoms with E-state index in [0.717, 1.165) is 0 Å². The molecule has 2 rings (SSSR count). The topological polar surface area (TPSA) is 649 Å². The molecule has 0 aliphatic heterocycles. The summed E-state index contributed by atoms with van der Waals surface area (Å²) in [5.41, 5.74) is 11.3. The average Bonchev–Trinajstić information content (AvgIpc) is 2.71. The zero-order valence-corrected chi connectivity index (χ0v) is 42.4. The Labute approximate surface area is 332 Å². The fraction of sp³-hybridized carbons (Fsp3) is 1.00. The van der Waals surface area contributed by atoms with E-state index in [1.807, 2.05) is 0 Å². The molecule has 0 radical (unpaired) electrons. The molecule has 54 heavy (non-hydrogen) atoms. The second kappa shape index (κ2) is 36.4. The van der Waals surface area contributed by atoms with Crippen molar-refractivity contribution in [3.05, 3.63) is 0 Å². The molecule has 2 saturated carbocycles. The zero-order valence-electron chi connectivity index (χ0n) is 26.3. The van der Waals surface area contributed by atoms with Crippen LogP contribution in [0.25, 0.3) is 0 Å². The van der Waals surface area contributed by atoms with Crippen molar-refractivity contribution in [3.8, 4) is 0 Å². The Balaban J connectivity index is -0.0000000729. The summed E-state index contributed by atoms with van der Waals surface area (Å²) in [4.78, 5) is 0. The minimum atomic E-state index is -5.52. The van der Waals surface area contributed by atoms with Gasteiger partial charge in [-0.3, -0.25) is 0 Å². The zero-order chi connectivity index (χ0) is 46.2. The van der Waals surface area contributed by atoms with Crippen LogP contribution in [0.1, 0.15) is 64.2 Å². The summed E-state index contributed by atoms with van der Waals surface area (Å²) >= 11 is -44.2. The van der Waals surface area contributed by atoms with Crippen LogP contribution in [0, 0.1) is 0 Å². The van der Waals surface area contributed by atoms with Gasteiger partial charge in [0.05, 0.1) is 0 Å². The fourth-order valence-electron chi connectivity index (χ4n) is 2.27. The van der Waals surface area contributed by atoms with Crippen LogP contribution in [0.5, 0.6) is 0 Å². The summed E-state index contributed by atoms with van der Waals surface area (Å²) in [7, 11) is 0. The normalized spacial score (nSPS) is 15.1. The maximum atomic E-state index is 8.85. The standard InChI is InChI=1S/2C6H13N.8Mo.16H2O.16O/c2*7-6-4-2-1-3-5-6;;;;;;;;;;;;;;;;;;;;;;;;;;;;;;;;;;;;;;;;/h2*6H,1-5,7H2;;;;;;;;;16*1H2;;;;;;;;;;;;;;;;/q;;8*+2;;;;;;;;;;;;;;;;;;;;;;;;;;;;;;;;/p-16. The van der Waals surface area contributed by atoms with Crippen LogP contribution >= 0.6 is 0 Å². The second-order valence-corrected chi connectivity index (χ2v) is 26.0. The summed E-state index contributed by atoms with van der Waals surface area (Å²) in [6, 6.07) is 1.07. The molecule has 0 spiro atoms. The Kier molecular flexibility index (Phi) is 49.4. The molecule has 42 heteroatoms. The molecule has 0 bridgehead atoms. The third-order valence-electron chi connectivity index (χ3n) is 3.30. The Morgan fingerprint density at radius 3 is 0.352 bits per heavy atom. The molecule has 340 valence electrons. The molecule has 20 N–H and O–H groups in total. The van der Waals surface area contributed by atoms with Crippen molar-refractivity contribution in [2.24, 2.45) is 11.5 Å². The third kappa shape index (κ3) is 479. The van der Waals surface area contributed by atoms with Gasteiger partial charge in [-0.2, -0.15) is 0 Å². The molecular weight excluding hydrogens is 1450 g/mol. The molecule has 0 heterocycles. The Bertz CT molecular complexity index is 1350. The van der Waals surface area contributed by atoms with Crippen molar-refractivity contribution in [2.45, 2.75) is 76.3 Å². The van der Waals surface area contributed by atoms with Gasteiger partial charge in [0, 0.05) is 12.1 Å². The van der Waals surface area contributed by atoms with Crippen LogP contribution < -0.4 is 11.5 Å².